The van der Waals surface area contributed by atoms with Crippen molar-refractivity contribution in [1.29, 1.82) is 0 Å². The quantitative estimate of drug-likeness (QED) is 0.897. The van der Waals surface area contributed by atoms with Gasteiger partial charge in [-0.15, -0.1) is 11.3 Å². The molecule has 1 fully saturated rings. The highest BCUT2D eigenvalue weighted by Crippen LogP contribution is 2.20. The van der Waals surface area contributed by atoms with Gasteiger partial charge in [0.05, 0.1) is 0 Å². The molecule has 106 valence electrons. The van der Waals surface area contributed by atoms with Gasteiger partial charge in [-0.3, -0.25) is 4.79 Å². The van der Waals surface area contributed by atoms with E-state index in [0.717, 1.165) is 45.4 Å². The zero-order valence-corrected chi connectivity index (χ0v) is 12.8. The minimum Gasteiger partial charge on any atom is -0.340 e. The van der Waals surface area contributed by atoms with Gasteiger partial charge in [0.1, 0.15) is 0 Å². The Hall–Kier alpha value is -0.870. The summed E-state index contributed by atoms with van der Waals surface area (Å²) in [4.78, 5) is 17.1. The fourth-order valence-corrected chi connectivity index (χ4v) is 3.40. The first-order chi connectivity index (χ1) is 9.20. The van der Waals surface area contributed by atoms with E-state index in [1.807, 2.05) is 16.2 Å². The molecule has 0 spiro atoms. The summed E-state index contributed by atoms with van der Waals surface area (Å²) < 4.78 is 0. The molecular formula is C15H24N2OS. The van der Waals surface area contributed by atoms with Crippen molar-refractivity contribution in [3.63, 3.8) is 0 Å². The van der Waals surface area contributed by atoms with Crippen LogP contribution in [0.3, 0.4) is 0 Å². The molecule has 2 heterocycles. The molecule has 0 saturated carbocycles. The predicted molar refractivity (Wildman–Crippen MR) is 80.6 cm³/mol. The second-order valence-electron chi connectivity index (χ2n) is 5.24. The van der Waals surface area contributed by atoms with Crippen molar-refractivity contribution in [2.45, 2.75) is 33.1 Å². The molecule has 1 amide bonds. The Kier molecular flexibility index (Phi) is 5.40. The molecule has 2 rings (SSSR count). The number of hydrogen-bond acceptors (Lipinski definition) is 3. The lowest BCUT2D eigenvalue weighted by atomic mass is 10.0. The highest BCUT2D eigenvalue weighted by molar-refractivity contribution is 7.11. The van der Waals surface area contributed by atoms with Gasteiger partial charge in [0, 0.05) is 41.9 Å². The van der Waals surface area contributed by atoms with Crippen LogP contribution in [0.2, 0.25) is 0 Å². The zero-order chi connectivity index (χ0) is 13.7. The van der Waals surface area contributed by atoms with Crippen LogP contribution in [0, 0.1) is 5.92 Å². The Labute approximate surface area is 120 Å². The zero-order valence-electron chi connectivity index (χ0n) is 11.9. The summed E-state index contributed by atoms with van der Waals surface area (Å²) in [6.07, 6.45) is 3.11. The van der Waals surface area contributed by atoms with Gasteiger partial charge in [0.15, 0.2) is 0 Å². The second-order valence-corrected chi connectivity index (χ2v) is 6.49. The van der Waals surface area contributed by atoms with Gasteiger partial charge in [-0.1, -0.05) is 13.8 Å². The SMILES string of the molecule is CCc1ccc(CCC(C)C(=O)N2CCNCC2)s1. The van der Waals surface area contributed by atoms with Crippen molar-refractivity contribution in [3.8, 4) is 0 Å². The van der Waals surface area contributed by atoms with E-state index in [1.54, 1.807) is 0 Å². The fraction of sp³-hybridized carbons (Fsp3) is 0.667. The number of carbonyl (C=O) groups is 1. The standard InChI is InChI=1S/C15H24N2OS/c1-3-13-6-7-14(19-13)5-4-12(2)15(18)17-10-8-16-9-11-17/h6-7,12,16H,3-5,8-11H2,1-2H3. The van der Waals surface area contributed by atoms with Crippen LogP contribution in [0.25, 0.3) is 0 Å². The molecule has 1 aliphatic rings. The van der Waals surface area contributed by atoms with Crippen LogP contribution in [0.5, 0.6) is 0 Å². The van der Waals surface area contributed by atoms with Gasteiger partial charge in [0.25, 0.3) is 0 Å². The molecule has 1 atom stereocenters. The van der Waals surface area contributed by atoms with Gasteiger partial charge in [-0.2, -0.15) is 0 Å². The molecule has 1 aromatic rings. The van der Waals surface area contributed by atoms with Crippen molar-refractivity contribution in [2.75, 3.05) is 26.2 Å². The maximum atomic E-state index is 12.3. The predicted octanol–water partition coefficient (Wildman–Crippen LogP) is 2.31. The van der Waals surface area contributed by atoms with Crippen molar-refractivity contribution in [2.24, 2.45) is 5.92 Å². The molecular weight excluding hydrogens is 256 g/mol. The molecule has 1 saturated heterocycles. The first-order valence-electron chi connectivity index (χ1n) is 7.27. The summed E-state index contributed by atoms with van der Waals surface area (Å²) in [5.74, 6) is 0.471. The molecule has 0 radical (unpaired) electrons. The fourth-order valence-electron chi connectivity index (χ4n) is 2.43. The number of carbonyl (C=O) groups excluding carboxylic acids is 1. The second kappa shape index (κ2) is 7.06. The third-order valence-electron chi connectivity index (χ3n) is 3.74. The van der Waals surface area contributed by atoms with Crippen molar-refractivity contribution in [3.05, 3.63) is 21.9 Å². The number of hydrogen-bond donors (Lipinski definition) is 1. The van der Waals surface area contributed by atoms with E-state index in [2.05, 4.69) is 31.3 Å². The highest BCUT2D eigenvalue weighted by atomic mass is 32.1. The molecule has 3 nitrogen and oxygen atoms in total. The third-order valence-corrected chi connectivity index (χ3v) is 5.03. The first-order valence-corrected chi connectivity index (χ1v) is 8.09. The highest BCUT2D eigenvalue weighted by Gasteiger charge is 2.21. The normalized spacial score (nSPS) is 17.5. The maximum Gasteiger partial charge on any atom is 0.225 e. The lowest BCUT2D eigenvalue weighted by molar-refractivity contribution is -0.135. The van der Waals surface area contributed by atoms with Gasteiger partial charge in [0.2, 0.25) is 5.91 Å². The van der Waals surface area contributed by atoms with Crippen LogP contribution in [-0.4, -0.2) is 37.0 Å². The lowest BCUT2D eigenvalue weighted by Gasteiger charge is -2.29. The van der Waals surface area contributed by atoms with E-state index < -0.39 is 0 Å². The molecule has 0 aromatic carbocycles. The van der Waals surface area contributed by atoms with E-state index in [4.69, 9.17) is 0 Å². The number of nitrogens with one attached hydrogen (secondary N) is 1. The van der Waals surface area contributed by atoms with Crippen molar-refractivity contribution in [1.82, 2.24) is 10.2 Å². The summed E-state index contributed by atoms with van der Waals surface area (Å²) in [6.45, 7) is 7.85. The average Bonchev–Trinajstić information content (AvgIpc) is 2.93. The van der Waals surface area contributed by atoms with E-state index in [0.29, 0.717) is 5.91 Å². The smallest absolute Gasteiger partial charge is 0.225 e. The van der Waals surface area contributed by atoms with Crippen molar-refractivity contribution < 1.29 is 4.79 Å². The van der Waals surface area contributed by atoms with E-state index in [9.17, 15) is 4.79 Å². The molecule has 0 aliphatic carbocycles. The van der Waals surface area contributed by atoms with E-state index >= 15 is 0 Å². The van der Waals surface area contributed by atoms with Crippen LogP contribution in [-0.2, 0) is 17.6 Å². The number of amides is 1. The van der Waals surface area contributed by atoms with E-state index in [-0.39, 0.29) is 5.92 Å². The van der Waals surface area contributed by atoms with Gasteiger partial charge in [-0.05, 0) is 31.4 Å². The van der Waals surface area contributed by atoms with Crippen LogP contribution >= 0.6 is 11.3 Å². The average molecular weight is 280 g/mol. The summed E-state index contributed by atoms with van der Waals surface area (Å²) >= 11 is 1.89. The first kappa shape index (κ1) is 14.5. The van der Waals surface area contributed by atoms with Crippen LogP contribution in [0.4, 0.5) is 0 Å². The topological polar surface area (TPSA) is 32.3 Å². The van der Waals surface area contributed by atoms with Gasteiger partial charge in [-0.25, -0.2) is 0 Å². The number of nitrogens with zero attached hydrogens (tertiary/aromatic N) is 1. The van der Waals surface area contributed by atoms with Gasteiger partial charge >= 0.3 is 0 Å². The molecule has 1 N–H and O–H groups in total. The third kappa shape index (κ3) is 4.05. The largest absolute Gasteiger partial charge is 0.340 e. The molecule has 1 aromatic heterocycles. The molecule has 4 heteroatoms. The minimum atomic E-state index is 0.144. The Bertz CT molecular complexity index is 410. The summed E-state index contributed by atoms with van der Waals surface area (Å²) in [7, 11) is 0. The molecule has 0 bridgehead atoms. The summed E-state index contributed by atoms with van der Waals surface area (Å²) in [5, 5.41) is 3.28. The Morgan fingerprint density at radius 3 is 2.68 bits per heavy atom. The molecule has 1 unspecified atom stereocenters. The van der Waals surface area contributed by atoms with Crippen molar-refractivity contribution >= 4 is 17.2 Å². The number of piperazine rings is 1. The summed E-state index contributed by atoms with van der Waals surface area (Å²) in [5.41, 5.74) is 0. The Balaban J connectivity index is 1.79. The minimum absolute atomic E-state index is 0.144. The molecule has 1 aliphatic heterocycles. The van der Waals surface area contributed by atoms with Crippen LogP contribution in [0.15, 0.2) is 12.1 Å². The summed E-state index contributed by atoms with van der Waals surface area (Å²) in [6, 6.07) is 4.42. The maximum absolute atomic E-state index is 12.3. The van der Waals surface area contributed by atoms with E-state index in [1.165, 1.54) is 9.75 Å². The van der Waals surface area contributed by atoms with Gasteiger partial charge < -0.3 is 10.2 Å². The van der Waals surface area contributed by atoms with Crippen LogP contribution in [0.1, 0.15) is 30.0 Å². The van der Waals surface area contributed by atoms with Crippen LogP contribution < -0.4 is 5.32 Å². The Morgan fingerprint density at radius 1 is 1.37 bits per heavy atom. The number of aryl methyl sites for hydroxylation is 2. The number of rotatable bonds is 5. The lowest BCUT2D eigenvalue weighted by Crippen LogP contribution is -2.48. The molecule has 19 heavy (non-hydrogen) atoms. The number of thiophene rings is 1. The monoisotopic (exact) mass is 280 g/mol. The Morgan fingerprint density at radius 2 is 2.05 bits per heavy atom.